The summed E-state index contributed by atoms with van der Waals surface area (Å²) in [5, 5.41) is 4.68. The second-order valence-electron chi connectivity index (χ2n) is 7.31. The first-order valence-corrected chi connectivity index (χ1v) is 9.28. The Bertz CT molecular complexity index is 1260. The average molecular weight is 355 g/mol. The summed E-state index contributed by atoms with van der Waals surface area (Å²) in [4.78, 5) is 12.8. The van der Waals surface area contributed by atoms with Crippen molar-refractivity contribution in [2.45, 2.75) is 13.8 Å². The van der Waals surface area contributed by atoms with Crippen LogP contribution in [0.4, 0.5) is 5.82 Å². The Hall–Kier alpha value is -3.34. The zero-order valence-electron chi connectivity index (χ0n) is 15.4. The Morgan fingerprint density at radius 2 is 2.00 bits per heavy atom. The van der Waals surface area contributed by atoms with Crippen molar-refractivity contribution in [1.82, 2.24) is 19.4 Å². The highest BCUT2D eigenvalue weighted by molar-refractivity contribution is 5.89. The van der Waals surface area contributed by atoms with Crippen molar-refractivity contribution < 1.29 is 0 Å². The first-order valence-electron chi connectivity index (χ1n) is 9.28. The number of rotatable bonds is 4. The molecule has 0 fully saturated rings. The van der Waals surface area contributed by atoms with Crippen molar-refractivity contribution in [2.75, 3.05) is 11.9 Å². The van der Waals surface area contributed by atoms with Gasteiger partial charge in [-0.1, -0.05) is 38.1 Å². The van der Waals surface area contributed by atoms with Gasteiger partial charge in [-0.2, -0.15) is 0 Å². The first kappa shape index (κ1) is 15.9. The van der Waals surface area contributed by atoms with Gasteiger partial charge in [-0.05, 0) is 35.6 Å². The van der Waals surface area contributed by atoms with E-state index in [9.17, 15) is 0 Å². The molecular weight excluding hydrogens is 334 g/mol. The molecule has 5 heteroatoms. The Morgan fingerprint density at radius 3 is 2.89 bits per heavy atom. The van der Waals surface area contributed by atoms with E-state index in [0.717, 1.165) is 45.8 Å². The van der Waals surface area contributed by atoms with E-state index >= 15 is 0 Å². The van der Waals surface area contributed by atoms with E-state index in [0.29, 0.717) is 5.92 Å². The molecule has 3 aromatic heterocycles. The predicted octanol–water partition coefficient (Wildman–Crippen LogP) is 5.10. The number of hydrogen-bond donors (Lipinski definition) is 2. The van der Waals surface area contributed by atoms with Crippen LogP contribution in [-0.4, -0.2) is 25.9 Å². The van der Waals surface area contributed by atoms with Crippen LogP contribution in [0.25, 0.3) is 38.8 Å². The van der Waals surface area contributed by atoms with Crippen molar-refractivity contribution in [3.63, 3.8) is 0 Å². The van der Waals surface area contributed by atoms with Gasteiger partial charge in [-0.15, -0.1) is 0 Å². The molecule has 0 aliphatic carbocycles. The second kappa shape index (κ2) is 6.13. The third-order valence-corrected chi connectivity index (χ3v) is 4.86. The lowest BCUT2D eigenvalue weighted by Gasteiger charge is -2.12. The summed E-state index contributed by atoms with van der Waals surface area (Å²) in [6, 6.07) is 16.8. The molecule has 2 aromatic carbocycles. The van der Waals surface area contributed by atoms with Gasteiger partial charge in [0.25, 0.3) is 0 Å². The quantitative estimate of drug-likeness (QED) is 0.472. The fourth-order valence-electron chi connectivity index (χ4n) is 3.51. The maximum atomic E-state index is 4.82. The van der Waals surface area contributed by atoms with Crippen molar-refractivity contribution in [3.05, 3.63) is 60.9 Å². The highest BCUT2D eigenvalue weighted by atomic mass is 15.1. The highest BCUT2D eigenvalue weighted by Crippen LogP contribution is 2.30. The maximum Gasteiger partial charge on any atom is 0.181 e. The first-order chi connectivity index (χ1) is 13.2. The second-order valence-corrected chi connectivity index (χ2v) is 7.31. The van der Waals surface area contributed by atoms with Crippen molar-refractivity contribution in [1.29, 1.82) is 0 Å². The van der Waals surface area contributed by atoms with Crippen LogP contribution in [0, 0.1) is 5.92 Å². The van der Waals surface area contributed by atoms with Gasteiger partial charge in [0.05, 0.1) is 22.9 Å². The third-order valence-electron chi connectivity index (χ3n) is 4.86. The molecule has 0 spiro atoms. The van der Waals surface area contributed by atoms with E-state index in [1.807, 2.05) is 30.6 Å². The minimum Gasteiger partial charge on any atom is -0.367 e. The lowest BCUT2D eigenvalue weighted by Crippen LogP contribution is -2.11. The minimum absolute atomic E-state index is 0.531. The number of H-pyrrole nitrogens is 1. The van der Waals surface area contributed by atoms with Gasteiger partial charge in [0, 0.05) is 23.8 Å². The third kappa shape index (κ3) is 2.63. The number of nitrogens with zero attached hydrogens (tertiary/aromatic N) is 3. The topological polar surface area (TPSA) is 58.0 Å². The molecule has 0 amide bonds. The molecule has 0 unspecified atom stereocenters. The lowest BCUT2D eigenvalue weighted by molar-refractivity contribution is 0.687. The molecule has 0 aliphatic rings. The molecule has 0 saturated carbocycles. The van der Waals surface area contributed by atoms with E-state index < -0.39 is 0 Å². The normalized spacial score (nSPS) is 11.8. The van der Waals surface area contributed by atoms with Crippen LogP contribution in [0.5, 0.6) is 0 Å². The average Bonchev–Trinajstić information content (AvgIpc) is 3.32. The molecule has 5 rings (SSSR count). The van der Waals surface area contributed by atoms with Crippen molar-refractivity contribution in [3.8, 4) is 11.3 Å². The molecule has 0 saturated heterocycles. The van der Waals surface area contributed by atoms with Crippen LogP contribution in [0.15, 0.2) is 60.9 Å². The van der Waals surface area contributed by atoms with Gasteiger partial charge in [0.1, 0.15) is 0 Å². The van der Waals surface area contributed by atoms with E-state index in [2.05, 4.69) is 58.9 Å². The van der Waals surface area contributed by atoms with Gasteiger partial charge >= 0.3 is 0 Å². The van der Waals surface area contributed by atoms with Crippen LogP contribution in [0.3, 0.4) is 0 Å². The minimum atomic E-state index is 0.531. The van der Waals surface area contributed by atoms with Gasteiger partial charge in [-0.3, -0.25) is 4.40 Å². The Morgan fingerprint density at radius 1 is 1.11 bits per heavy atom. The van der Waals surface area contributed by atoms with Gasteiger partial charge in [-0.25, -0.2) is 9.97 Å². The smallest absolute Gasteiger partial charge is 0.181 e. The molecule has 3 heterocycles. The summed E-state index contributed by atoms with van der Waals surface area (Å²) in [5.41, 5.74) is 6.18. The number of para-hydroxylation sites is 2. The SMILES string of the molecule is CC(C)CNc1nc2ccccc2n2c(-c3ccc4cc[nH]c4c3)cnc12. The molecule has 0 bridgehead atoms. The van der Waals surface area contributed by atoms with Gasteiger partial charge in [0.2, 0.25) is 0 Å². The fourth-order valence-corrected chi connectivity index (χ4v) is 3.51. The zero-order chi connectivity index (χ0) is 18.4. The number of benzene rings is 2. The number of imidazole rings is 1. The molecule has 0 aliphatic heterocycles. The van der Waals surface area contributed by atoms with E-state index in [1.54, 1.807) is 0 Å². The summed E-state index contributed by atoms with van der Waals surface area (Å²) in [6.07, 6.45) is 3.91. The summed E-state index contributed by atoms with van der Waals surface area (Å²) in [7, 11) is 0. The largest absolute Gasteiger partial charge is 0.367 e. The van der Waals surface area contributed by atoms with E-state index in [1.165, 1.54) is 5.39 Å². The number of hydrogen-bond acceptors (Lipinski definition) is 3. The number of aromatic nitrogens is 4. The van der Waals surface area contributed by atoms with Gasteiger partial charge in [0.15, 0.2) is 11.5 Å². The number of nitrogens with one attached hydrogen (secondary N) is 2. The summed E-state index contributed by atoms with van der Waals surface area (Å²) in [5.74, 6) is 1.36. The molecule has 0 atom stereocenters. The van der Waals surface area contributed by atoms with E-state index in [4.69, 9.17) is 9.97 Å². The standard InChI is InChI=1S/C22H21N5/c1-14(2)12-24-21-22-25-13-20(16-8-7-15-9-10-23-18(15)11-16)27(22)19-6-4-3-5-17(19)26-21/h3-11,13-14,23H,12H2,1-2H3,(H,24,26). The molecular formula is C22H21N5. The van der Waals surface area contributed by atoms with Crippen LogP contribution in [0.2, 0.25) is 0 Å². The number of aromatic amines is 1. The zero-order valence-corrected chi connectivity index (χ0v) is 15.4. The Kier molecular flexibility index (Phi) is 3.60. The Balaban J connectivity index is 1.78. The predicted molar refractivity (Wildman–Crippen MR) is 111 cm³/mol. The fraction of sp³-hybridized carbons (Fsp3) is 0.182. The maximum absolute atomic E-state index is 4.82. The van der Waals surface area contributed by atoms with Crippen LogP contribution >= 0.6 is 0 Å². The van der Waals surface area contributed by atoms with Crippen LogP contribution < -0.4 is 5.32 Å². The summed E-state index contributed by atoms with van der Waals surface area (Å²) >= 11 is 0. The monoisotopic (exact) mass is 355 g/mol. The number of anilines is 1. The molecule has 5 aromatic rings. The molecule has 0 radical (unpaired) electrons. The molecule has 27 heavy (non-hydrogen) atoms. The van der Waals surface area contributed by atoms with Crippen molar-refractivity contribution >= 4 is 33.4 Å². The number of fused-ring (bicyclic) bond motifs is 4. The lowest BCUT2D eigenvalue weighted by atomic mass is 10.1. The molecule has 134 valence electrons. The van der Waals surface area contributed by atoms with Gasteiger partial charge < -0.3 is 10.3 Å². The molecule has 2 N–H and O–H groups in total. The highest BCUT2D eigenvalue weighted by Gasteiger charge is 2.15. The summed E-state index contributed by atoms with van der Waals surface area (Å²) in [6.45, 7) is 5.24. The van der Waals surface area contributed by atoms with Crippen molar-refractivity contribution in [2.24, 2.45) is 5.92 Å². The molecule has 5 nitrogen and oxygen atoms in total. The van der Waals surface area contributed by atoms with E-state index in [-0.39, 0.29) is 0 Å². The summed E-state index contributed by atoms with van der Waals surface area (Å²) < 4.78 is 2.20. The van der Waals surface area contributed by atoms with Crippen LogP contribution in [0.1, 0.15) is 13.8 Å². The Labute approximate surface area is 157 Å². The van der Waals surface area contributed by atoms with Crippen LogP contribution in [-0.2, 0) is 0 Å².